The monoisotopic (exact) mass is 351 g/mol. The second kappa shape index (κ2) is 5.41. The van der Waals surface area contributed by atoms with Gasteiger partial charge in [-0.2, -0.15) is 5.10 Å². The minimum atomic E-state index is -3.77. The van der Waals surface area contributed by atoms with Crippen molar-refractivity contribution in [1.29, 1.82) is 0 Å². The summed E-state index contributed by atoms with van der Waals surface area (Å²) in [5.41, 5.74) is 1.77. The van der Waals surface area contributed by atoms with Crippen molar-refractivity contribution in [2.75, 3.05) is 5.32 Å². The van der Waals surface area contributed by atoms with Gasteiger partial charge in [0.05, 0.1) is 21.3 Å². The second-order valence-electron chi connectivity index (χ2n) is 4.95. The lowest BCUT2D eigenvalue weighted by atomic mass is 10.2. The molecule has 0 fully saturated rings. The van der Waals surface area contributed by atoms with Crippen LogP contribution in [-0.2, 0) is 17.1 Å². The quantitative estimate of drug-likeness (QED) is 0.735. The van der Waals surface area contributed by atoms with E-state index in [9.17, 15) is 13.2 Å². The standard InChI is InChI=1S/C13H13N5O3S2/c1-7-6-15-18(2)11(7)12(19)17-13-16-9-4-3-8(23(14,20)21)5-10(9)22-13/h3-6H,1-2H3,(H2,14,20,21)(H,16,17,19). The number of fused-ring (bicyclic) bond motifs is 1. The normalized spacial score (nSPS) is 11.8. The van der Waals surface area contributed by atoms with E-state index < -0.39 is 10.0 Å². The van der Waals surface area contributed by atoms with E-state index in [1.807, 2.05) is 0 Å². The summed E-state index contributed by atoms with van der Waals surface area (Å²) < 4.78 is 24.9. The first-order chi connectivity index (χ1) is 10.8. The minimum absolute atomic E-state index is 0.00834. The molecule has 0 radical (unpaired) electrons. The molecule has 3 N–H and O–H groups in total. The van der Waals surface area contributed by atoms with Crippen LogP contribution in [0.5, 0.6) is 0 Å². The van der Waals surface area contributed by atoms with Gasteiger partial charge in [-0.3, -0.25) is 14.8 Å². The fourth-order valence-electron chi connectivity index (χ4n) is 2.17. The smallest absolute Gasteiger partial charge is 0.275 e. The molecule has 0 saturated carbocycles. The number of thiazole rings is 1. The second-order valence-corrected chi connectivity index (χ2v) is 7.54. The number of carbonyl (C=O) groups excluding carboxylic acids is 1. The topological polar surface area (TPSA) is 120 Å². The van der Waals surface area contributed by atoms with E-state index >= 15 is 0 Å². The first kappa shape index (κ1) is 15.6. The molecule has 0 aliphatic heterocycles. The summed E-state index contributed by atoms with van der Waals surface area (Å²) in [6.45, 7) is 1.79. The number of benzene rings is 1. The lowest BCUT2D eigenvalue weighted by molar-refractivity contribution is 0.101. The number of sulfonamides is 1. The van der Waals surface area contributed by atoms with Crippen LogP contribution in [0.2, 0.25) is 0 Å². The van der Waals surface area contributed by atoms with Crippen LogP contribution in [0.1, 0.15) is 16.1 Å². The molecule has 0 bridgehead atoms. The number of amides is 1. The molecule has 2 aromatic heterocycles. The number of anilines is 1. The molecule has 0 aliphatic carbocycles. The summed E-state index contributed by atoms with van der Waals surface area (Å²) in [6.07, 6.45) is 1.60. The largest absolute Gasteiger partial charge is 0.296 e. The number of nitrogens with one attached hydrogen (secondary N) is 1. The van der Waals surface area contributed by atoms with Crippen LogP contribution >= 0.6 is 11.3 Å². The van der Waals surface area contributed by atoms with Crippen LogP contribution in [0.25, 0.3) is 10.2 Å². The molecule has 120 valence electrons. The van der Waals surface area contributed by atoms with Crippen LogP contribution < -0.4 is 10.5 Å². The van der Waals surface area contributed by atoms with E-state index in [1.54, 1.807) is 26.2 Å². The predicted molar refractivity (Wildman–Crippen MR) is 86.9 cm³/mol. The van der Waals surface area contributed by atoms with Gasteiger partial charge in [0.25, 0.3) is 5.91 Å². The Balaban J connectivity index is 1.94. The number of hydrogen-bond donors (Lipinski definition) is 2. The van der Waals surface area contributed by atoms with Gasteiger partial charge in [-0.1, -0.05) is 11.3 Å². The van der Waals surface area contributed by atoms with Crippen LogP contribution in [-0.4, -0.2) is 29.1 Å². The number of carbonyl (C=O) groups is 1. The van der Waals surface area contributed by atoms with Gasteiger partial charge in [-0.15, -0.1) is 0 Å². The SMILES string of the molecule is Cc1cnn(C)c1C(=O)Nc1nc2ccc(S(N)(=O)=O)cc2s1. The van der Waals surface area contributed by atoms with Gasteiger partial charge in [-0.05, 0) is 30.7 Å². The van der Waals surface area contributed by atoms with Crippen molar-refractivity contribution in [3.63, 3.8) is 0 Å². The molecule has 0 atom stereocenters. The van der Waals surface area contributed by atoms with Gasteiger partial charge in [0.15, 0.2) is 5.13 Å². The Morgan fingerprint density at radius 2 is 2.13 bits per heavy atom. The predicted octanol–water partition coefficient (Wildman–Crippen LogP) is 1.24. The van der Waals surface area contributed by atoms with E-state index in [-0.39, 0.29) is 10.8 Å². The zero-order valence-electron chi connectivity index (χ0n) is 12.3. The van der Waals surface area contributed by atoms with Crippen molar-refractivity contribution in [3.05, 3.63) is 35.7 Å². The van der Waals surface area contributed by atoms with Crippen LogP contribution in [0, 0.1) is 6.92 Å². The first-order valence-electron chi connectivity index (χ1n) is 6.49. The highest BCUT2D eigenvalue weighted by molar-refractivity contribution is 7.89. The third-order valence-electron chi connectivity index (χ3n) is 3.25. The summed E-state index contributed by atoms with van der Waals surface area (Å²) in [6, 6.07) is 4.37. The molecular formula is C13H13N5O3S2. The third-order valence-corrected chi connectivity index (χ3v) is 5.09. The number of rotatable bonds is 3. The fourth-order valence-corrected chi connectivity index (χ4v) is 3.68. The fraction of sp³-hybridized carbons (Fsp3) is 0.154. The maximum Gasteiger partial charge on any atom is 0.275 e. The Kier molecular flexibility index (Phi) is 3.66. The highest BCUT2D eigenvalue weighted by atomic mass is 32.2. The molecule has 0 saturated heterocycles. The average Bonchev–Trinajstić information content (AvgIpc) is 2.99. The number of aryl methyl sites for hydroxylation is 2. The highest BCUT2D eigenvalue weighted by Gasteiger charge is 2.17. The number of primary sulfonamides is 1. The maximum atomic E-state index is 12.3. The number of aromatic nitrogens is 3. The van der Waals surface area contributed by atoms with Gasteiger partial charge >= 0.3 is 0 Å². The molecule has 1 amide bonds. The molecule has 3 rings (SSSR count). The summed E-state index contributed by atoms with van der Waals surface area (Å²) in [4.78, 5) is 16.6. The lowest BCUT2D eigenvalue weighted by Crippen LogP contribution is -2.17. The average molecular weight is 351 g/mol. The minimum Gasteiger partial charge on any atom is -0.296 e. The van der Waals surface area contributed by atoms with Gasteiger partial charge in [0, 0.05) is 7.05 Å². The molecule has 2 heterocycles. The Morgan fingerprint density at radius 1 is 1.39 bits per heavy atom. The van der Waals surface area contributed by atoms with Crippen molar-refractivity contribution in [1.82, 2.24) is 14.8 Å². The number of nitrogens with zero attached hydrogens (tertiary/aromatic N) is 3. The molecule has 1 aromatic carbocycles. The van der Waals surface area contributed by atoms with E-state index in [0.29, 0.717) is 21.0 Å². The molecule has 10 heteroatoms. The molecule has 0 unspecified atom stereocenters. The molecule has 3 aromatic rings. The summed E-state index contributed by atoms with van der Waals surface area (Å²) >= 11 is 1.17. The van der Waals surface area contributed by atoms with Crippen molar-refractivity contribution < 1.29 is 13.2 Å². The van der Waals surface area contributed by atoms with Crippen molar-refractivity contribution in [2.45, 2.75) is 11.8 Å². The first-order valence-corrected chi connectivity index (χ1v) is 8.85. The summed E-state index contributed by atoms with van der Waals surface area (Å²) in [5.74, 6) is -0.326. The third kappa shape index (κ3) is 2.96. The molecular weight excluding hydrogens is 338 g/mol. The molecule has 8 nitrogen and oxygen atoms in total. The van der Waals surface area contributed by atoms with Crippen LogP contribution in [0.3, 0.4) is 0 Å². The highest BCUT2D eigenvalue weighted by Crippen LogP contribution is 2.28. The zero-order chi connectivity index (χ0) is 16.8. The van der Waals surface area contributed by atoms with Crippen molar-refractivity contribution in [2.24, 2.45) is 12.2 Å². The summed E-state index contributed by atoms with van der Waals surface area (Å²) in [5, 5.41) is 12.2. The van der Waals surface area contributed by atoms with Crippen molar-refractivity contribution >= 4 is 42.6 Å². The van der Waals surface area contributed by atoms with E-state index in [2.05, 4.69) is 15.4 Å². The van der Waals surface area contributed by atoms with E-state index in [4.69, 9.17) is 5.14 Å². The van der Waals surface area contributed by atoms with Gasteiger partial charge in [-0.25, -0.2) is 18.5 Å². The van der Waals surface area contributed by atoms with Crippen LogP contribution in [0.4, 0.5) is 5.13 Å². The molecule has 0 aliphatic rings. The molecule has 0 spiro atoms. The summed E-state index contributed by atoms with van der Waals surface area (Å²) in [7, 11) is -2.10. The lowest BCUT2D eigenvalue weighted by Gasteiger charge is -2.02. The Morgan fingerprint density at radius 3 is 2.74 bits per heavy atom. The van der Waals surface area contributed by atoms with Gasteiger partial charge in [0.1, 0.15) is 5.69 Å². The number of hydrogen-bond acceptors (Lipinski definition) is 6. The van der Waals surface area contributed by atoms with Crippen molar-refractivity contribution in [3.8, 4) is 0 Å². The van der Waals surface area contributed by atoms with Gasteiger partial charge in [0.2, 0.25) is 10.0 Å². The Hall–Kier alpha value is -2.30. The molecule has 23 heavy (non-hydrogen) atoms. The number of nitrogens with two attached hydrogens (primary N) is 1. The van der Waals surface area contributed by atoms with Gasteiger partial charge < -0.3 is 0 Å². The van der Waals surface area contributed by atoms with E-state index in [0.717, 1.165) is 5.56 Å². The Labute approximate surface area is 136 Å². The van der Waals surface area contributed by atoms with E-state index in [1.165, 1.54) is 28.2 Å². The maximum absolute atomic E-state index is 12.3. The zero-order valence-corrected chi connectivity index (χ0v) is 13.9. The van der Waals surface area contributed by atoms with Crippen LogP contribution in [0.15, 0.2) is 29.3 Å². The Bertz CT molecular complexity index is 1000.